The normalized spacial score (nSPS) is 10.4. The molecule has 3 rings (SSSR count). The average molecular weight is 246 g/mol. The standard InChI is InChI=1S/C17H14N2/c1-13-2-4-15(5-3-13)17-12-16(8-11-19-17)14-6-9-18-10-7-14/h2-12H,1H3. The Morgan fingerprint density at radius 2 is 1.37 bits per heavy atom. The molecule has 0 aliphatic carbocycles. The van der Waals surface area contributed by atoms with Gasteiger partial charge in [0.25, 0.3) is 0 Å². The summed E-state index contributed by atoms with van der Waals surface area (Å²) < 4.78 is 0. The van der Waals surface area contributed by atoms with Gasteiger partial charge in [0, 0.05) is 24.2 Å². The van der Waals surface area contributed by atoms with Gasteiger partial charge < -0.3 is 0 Å². The molecule has 92 valence electrons. The van der Waals surface area contributed by atoms with Crippen LogP contribution < -0.4 is 0 Å². The van der Waals surface area contributed by atoms with Crippen molar-refractivity contribution in [1.29, 1.82) is 0 Å². The zero-order chi connectivity index (χ0) is 13.1. The van der Waals surface area contributed by atoms with Gasteiger partial charge in [0.2, 0.25) is 0 Å². The zero-order valence-corrected chi connectivity index (χ0v) is 10.7. The average Bonchev–Trinajstić information content (AvgIpc) is 2.49. The molecule has 2 heteroatoms. The Balaban J connectivity index is 2.03. The molecule has 0 spiro atoms. The van der Waals surface area contributed by atoms with Crippen molar-refractivity contribution < 1.29 is 0 Å². The van der Waals surface area contributed by atoms with Crippen LogP contribution in [-0.4, -0.2) is 9.97 Å². The Kier molecular flexibility index (Phi) is 3.07. The number of hydrogen-bond donors (Lipinski definition) is 0. The fourth-order valence-corrected chi connectivity index (χ4v) is 2.04. The number of nitrogens with zero attached hydrogens (tertiary/aromatic N) is 2. The minimum atomic E-state index is 0.995. The number of aromatic nitrogens is 2. The van der Waals surface area contributed by atoms with Crippen molar-refractivity contribution in [2.45, 2.75) is 6.92 Å². The molecule has 0 fully saturated rings. The van der Waals surface area contributed by atoms with Gasteiger partial charge in [-0.2, -0.15) is 0 Å². The minimum absolute atomic E-state index is 0.995. The Bertz CT molecular complexity index is 673. The number of hydrogen-bond acceptors (Lipinski definition) is 2. The fraction of sp³-hybridized carbons (Fsp3) is 0.0588. The largest absolute Gasteiger partial charge is 0.265 e. The zero-order valence-electron chi connectivity index (χ0n) is 10.7. The molecule has 0 saturated heterocycles. The number of pyridine rings is 2. The van der Waals surface area contributed by atoms with Crippen LogP contribution in [0.3, 0.4) is 0 Å². The van der Waals surface area contributed by atoms with Gasteiger partial charge in [0.1, 0.15) is 0 Å². The topological polar surface area (TPSA) is 25.8 Å². The molecule has 0 unspecified atom stereocenters. The summed E-state index contributed by atoms with van der Waals surface area (Å²) in [5.74, 6) is 0. The first-order valence-electron chi connectivity index (χ1n) is 6.26. The molecule has 0 N–H and O–H groups in total. The Morgan fingerprint density at radius 3 is 2.11 bits per heavy atom. The molecule has 0 radical (unpaired) electrons. The maximum Gasteiger partial charge on any atom is 0.0708 e. The number of aryl methyl sites for hydroxylation is 1. The molecule has 2 aromatic heterocycles. The molecule has 0 aliphatic rings. The Morgan fingerprint density at radius 1 is 0.684 bits per heavy atom. The molecular formula is C17H14N2. The van der Waals surface area contributed by atoms with Crippen molar-refractivity contribution >= 4 is 0 Å². The van der Waals surface area contributed by atoms with Gasteiger partial charge in [-0.3, -0.25) is 9.97 Å². The molecule has 1 aromatic carbocycles. The molecule has 3 aromatic rings. The van der Waals surface area contributed by atoms with Gasteiger partial charge in [0.05, 0.1) is 5.69 Å². The number of benzene rings is 1. The van der Waals surface area contributed by atoms with Crippen molar-refractivity contribution in [1.82, 2.24) is 9.97 Å². The van der Waals surface area contributed by atoms with Crippen LogP contribution in [-0.2, 0) is 0 Å². The van der Waals surface area contributed by atoms with E-state index in [2.05, 4.69) is 47.2 Å². The van der Waals surface area contributed by atoms with Crippen LogP contribution in [0, 0.1) is 6.92 Å². The summed E-state index contributed by atoms with van der Waals surface area (Å²) in [5.41, 5.74) is 5.71. The third-order valence-corrected chi connectivity index (χ3v) is 3.12. The van der Waals surface area contributed by atoms with Crippen LogP contribution in [0.5, 0.6) is 0 Å². The molecule has 19 heavy (non-hydrogen) atoms. The van der Waals surface area contributed by atoms with E-state index in [1.165, 1.54) is 5.56 Å². The highest BCUT2D eigenvalue weighted by atomic mass is 14.7. The second-order valence-electron chi connectivity index (χ2n) is 4.53. The van der Waals surface area contributed by atoms with E-state index in [4.69, 9.17) is 0 Å². The molecule has 2 nitrogen and oxygen atoms in total. The molecule has 0 saturated carbocycles. The predicted octanol–water partition coefficient (Wildman–Crippen LogP) is 4.12. The van der Waals surface area contributed by atoms with Gasteiger partial charge >= 0.3 is 0 Å². The van der Waals surface area contributed by atoms with E-state index in [9.17, 15) is 0 Å². The van der Waals surface area contributed by atoms with E-state index in [0.717, 1.165) is 22.4 Å². The van der Waals surface area contributed by atoms with Crippen LogP contribution in [0.1, 0.15) is 5.56 Å². The van der Waals surface area contributed by atoms with Crippen molar-refractivity contribution in [3.8, 4) is 22.4 Å². The minimum Gasteiger partial charge on any atom is -0.265 e. The molecule has 0 atom stereocenters. The smallest absolute Gasteiger partial charge is 0.0708 e. The molecular weight excluding hydrogens is 232 g/mol. The SMILES string of the molecule is Cc1ccc(-c2cc(-c3ccncc3)ccn2)cc1. The second kappa shape index (κ2) is 5.02. The number of rotatable bonds is 2. The van der Waals surface area contributed by atoms with E-state index in [0.29, 0.717) is 0 Å². The van der Waals surface area contributed by atoms with Gasteiger partial charge in [-0.05, 0) is 42.3 Å². The summed E-state index contributed by atoms with van der Waals surface area (Å²) in [5, 5.41) is 0. The van der Waals surface area contributed by atoms with E-state index in [-0.39, 0.29) is 0 Å². The maximum atomic E-state index is 4.45. The van der Waals surface area contributed by atoms with Crippen molar-refractivity contribution in [2.24, 2.45) is 0 Å². The summed E-state index contributed by atoms with van der Waals surface area (Å²) in [7, 11) is 0. The highest BCUT2D eigenvalue weighted by Crippen LogP contribution is 2.24. The quantitative estimate of drug-likeness (QED) is 0.679. The lowest BCUT2D eigenvalue weighted by Gasteiger charge is -2.05. The molecule has 0 aliphatic heterocycles. The summed E-state index contributed by atoms with van der Waals surface area (Å²) in [6.45, 7) is 2.09. The monoisotopic (exact) mass is 246 g/mol. The predicted molar refractivity (Wildman–Crippen MR) is 77.6 cm³/mol. The lowest BCUT2D eigenvalue weighted by Crippen LogP contribution is -1.86. The highest BCUT2D eigenvalue weighted by Gasteiger charge is 2.02. The first-order valence-corrected chi connectivity index (χ1v) is 6.26. The Hall–Kier alpha value is -2.48. The van der Waals surface area contributed by atoms with Crippen LogP contribution in [0.4, 0.5) is 0 Å². The van der Waals surface area contributed by atoms with E-state index >= 15 is 0 Å². The van der Waals surface area contributed by atoms with Crippen LogP contribution in [0.15, 0.2) is 67.1 Å². The molecule has 0 amide bonds. The lowest BCUT2D eigenvalue weighted by atomic mass is 10.0. The van der Waals surface area contributed by atoms with Gasteiger partial charge in [0.15, 0.2) is 0 Å². The van der Waals surface area contributed by atoms with E-state index < -0.39 is 0 Å². The van der Waals surface area contributed by atoms with Gasteiger partial charge in [-0.25, -0.2) is 0 Å². The first-order chi connectivity index (χ1) is 9.33. The maximum absolute atomic E-state index is 4.45. The summed E-state index contributed by atoms with van der Waals surface area (Å²) in [6.07, 6.45) is 5.47. The molecule has 0 bridgehead atoms. The van der Waals surface area contributed by atoms with E-state index in [1.54, 1.807) is 12.4 Å². The van der Waals surface area contributed by atoms with E-state index in [1.807, 2.05) is 24.4 Å². The third-order valence-electron chi connectivity index (χ3n) is 3.12. The molecule has 2 heterocycles. The summed E-state index contributed by atoms with van der Waals surface area (Å²) in [4.78, 5) is 8.49. The van der Waals surface area contributed by atoms with Crippen molar-refractivity contribution in [3.63, 3.8) is 0 Å². The van der Waals surface area contributed by atoms with Crippen LogP contribution in [0.25, 0.3) is 22.4 Å². The highest BCUT2D eigenvalue weighted by molar-refractivity contribution is 5.70. The Labute approximate surface area is 112 Å². The summed E-state index contributed by atoms with van der Waals surface area (Å²) in [6, 6.07) is 16.6. The first kappa shape index (κ1) is 11.6. The van der Waals surface area contributed by atoms with Crippen LogP contribution >= 0.6 is 0 Å². The van der Waals surface area contributed by atoms with Crippen LogP contribution in [0.2, 0.25) is 0 Å². The van der Waals surface area contributed by atoms with Gasteiger partial charge in [-0.15, -0.1) is 0 Å². The summed E-state index contributed by atoms with van der Waals surface area (Å²) >= 11 is 0. The lowest BCUT2D eigenvalue weighted by molar-refractivity contribution is 1.30. The third kappa shape index (κ3) is 2.52. The van der Waals surface area contributed by atoms with Crippen molar-refractivity contribution in [3.05, 3.63) is 72.7 Å². The van der Waals surface area contributed by atoms with Crippen molar-refractivity contribution in [2.75, 3.05) is 0 Å². The van der Waals surface area contributed by atoms with Gasteiger partial charge in [-0.1, -0.05) is 29.8 Å². The second-order valence-corrected chi connectivity index (χ2v) is 4.53. The fourth-order valence-electron chi connectivity index (χ4n) is 2.04.